The lowest BCUT2D eigenvalue weighted by molar-refractivity contribution is -0.984. The Morgan fingerprint density at radius 2 is 2.00 bits per heavy atom. The number of quaternary nitrogens is 1. The zero-order valence-corrected chi connectivity index (χ0v) is 21.0. The summed E-state index contributed by atoms with van der Waals surface area (Å²) in [4.78, 5) is 4.53. The minimum atomic E-state index is -0.549. The smallest absolute Gasteiger partial charge is 0.131 e. The van der Waals surface area contributed by atoms with Crippen LogP contribution < -0.4 is 21.7 Å². The van der Waals surface area contributed by atoms with Crippen molar-refractivity contribution in [2.24, 2.45) is 11.8 Å². The molecule has 0 radical (unpaired) electrons. The molecule has 0 saturated carbocycles. The first-order chi connectivity index (χ1) is 15.5. The van der Waals surface area contributed by atoms with E-state index in [2.05, 4.69) is 48.8 Å². The minimum Gasteiger partial charge on any atom is -1.00 e. The van der Waals surface area contributed by atoms with Crippen molar-refractivity contribution >= 4 is 10.9 Å². The summed E-state index contributed by atoms with van der Waals surface area (Å²) in [6, 6.07) is 17.0. The lowest BCUT2D eigenvalue weighted by atomic mass is 9.71. The number of nitrogens with zero attached hydrogens (tertiary/aromatic N) is 2. The van der Waals surface area contributed by atoms with Gasteiger partial charge < -0.3 is 31.3 Å². The number of halogens is 1. The molecule has 4 nitrogen and oxygen atoms in total. The van der Waals surface area contributed by atoms with E-state index in [0.717, 1.165) is 52.8 Å². The van der Waals surface area contributed by atoms with Crippen LogP contribution in [-0.4, -0.2) is 40.8 Å². The van der Waals surface area contributed by atoms with E-state index in [1.54, 1.807) is 7.11 Å². The minimum absolute atomic E-state index is 0. The lowest BCUT2D eigenvalue weighted by Gasteiger charge is -2.58. The van der Waals surface area contributed by atoms with Gasteiger partial charge in [0, 0.05) is 35.9 Å². The number of aliphatic hydroxyl groups is 1. The predicted octanol–water partition coefficient (Wildman–Crippen LogP) is 2.20. The van der Waals surface area contributed by atoms with E-state index >= 15 is 0 Å². The number of hydrogen-bond donors (Lipinski definition) is 1. The molecule has 2 bridgehead atoms. The van der Waals surface area contributed by atoms with Gasteiger partial charge >= 0.3 is 0 Å². The van der Waals surface area contributed by atoms with Crippen LogP contribution in [0.4, 0.5) is 0 Å². The molecule has 3 saturated heterocycles. The summed E-state index contributed by atoms with van der Waals surface area (Å²) < 4.78 is 6.39. The number of benzene rings is 2. The molecular formula is C28H33BrN2O2. The summed E-state index contributed by atoms with van der Waals surface area (Å²) in [6.45, 7) is 9.39. The fraction of sp³-hybridized carbons (Fsp3) is 0.393. The summed E-state index contributed by atoms with van der Waals surface area (Å²) >= 11 is 0. The monoisotopic (exact) mass is 508 g/mol. The number of methoxy groups -OCH3 is 1. The van der Waals surface area contributed by atoms with E-state index in [4.69, 9.17) is 4.74 Å². The molecule has 4 heterocycles. The molecule has 5 unspecified atom stereocenters. The summed E-state index contributed by atoms with van der Waals surface area (Å²) in [5.74, 6) is 1.92. The first-order valence-electron chi connectivity index (χ1n) is 11.7. The Morgan fingerprint density at radius 3 is 2.73 bits per heavy atom. The number of pyridine rings is 1. The highest BCUT2D eigenvalue weighted by Crippen LogP contribution is 2.48. The van der Waals surface area contributed by atoms with Crippen LogP contribution in [0.3, 0.4) is 0 Å². The molecule has 3 fully saturated rings. The van der Waals surface area contributed by atoms with Crippen molar-refractivity contribution in [2.45, 2.75) is 38.5 Å². The molecule has 0 spiro atoms. The first kappa shape index (κ1) is 23.9. The van der Waals surface area contributed by atoms with Crippen LogP contribution in [0.5, 0.6) is 5.75 Å². The van der Waals surface area contributed by atoms with Crippen LogP contribution in [-0.2, 0) is 6.54 Å². The molecule has 5 atom stereocenters. The van der Waals surface area contributed by atoms with Crippen LogP contribution in [0.1, 0.15) is 35.6 Å². The fourth-order valence-corrected chi connectivity index (χ4v) is 6.18. The van der Waals surface area contributed by atoms with Gasteiger partial charge in [0.05, 0.1) is 25.7 Å². The largest absolute Gasteiger partial charge is 1.00 e. The molecule has 2 aromatic carbocycles. The Morgan fingerprint density at radius 1 is 1.21 bits per heavy atom. The number of hydrogen-bond acceptors (Lipinski definition) is 3. The Bertz CT molecular complexity index is 1130. The van der Waals surface area contributed by atoms with Gasteiger partial charge in [0.1, 0.15) is 24.4 Å². The number of fused-ring (bicyclic) bond motifs is 4. The van der Waals surface area contributed by atoms with Crippen LogP contribution in [0.2, 0.25) is 0 Å². The van der Waals surface area contributed by atoms with Crippen molar-refractivity contribution in [3.05, 3.63) is 84.1 Å². The summed E-state index contributed by atoms with van der Waals surface area (Å²) in [5, 5.41) is 12.8. The van der Waals surface area contributed by atoms with Crippen molar-refractivity contribution in [2.75, 3.05) is 20.2 Å². The molecule has 0 aliphatic carbocycles. The molecule has 3 aromatic rings. The second kappa shape index (κ2) is 9.57. The van der Waals surface area contributed by atoms with Crippen molar-refractivity contribution in [3.8, 4) is 5.75 Å². The van der Waals surface area contributed by atoms with Crippen molar-refractivity contribution in [1.82, 2.24) is 4.98 Å². The van der Waals surface area contributed by atoms with E-state index in [1.807, 2.05) is 30.5 Å². The number of aromatic nitrogens is 1. The van der Waals surface area contributed by atoms with E-state index in [0.29, 0.717) is 11.8 Å². The average Bonchev–Trinajstić information content (AvgIpc) is 2.84. The van der Waals surface area contributed by atoms with Crippen molar-refractivity contribution in [1.29, 1.82) is 0 Å². The Hall–Kier alpha value is -2.21. The quantitative estimate of drug-likeness (QED) is 0.410. The van der Waals surface area contributed by atoms with Crippen LogP contribution in [0, 0.1) is 18.8 Å². The lowest BCUT2D eigenvalue weighted by Crippen LogP contribution is -3.00. The van der Waals surface area contributed by atoms with Crippen molar-refractivity contribution < 1.29 is 31.3 Å². The number of aryl methyl sites for hydroxylation is 1. The van der Waals surface area contributed by atoms with E-state index < -0.39 is 6.10 Å². The fourth-order valence-electron chi connectivity index (χ4n) is 6.18. The van der Waals surface area contributed by atoms with Crippen LogP contribution in [0.15, 0.2) is 67.4 Å². The molecule has 3 aliphatic rings. The maximum Gasteiger partial charge on any atom is 0.131 e. The molecule has 1 aromatic heterocycles. The van der Waals surface area contributed by atoms with Crippen LogP contribution in [0.25, 0.3) is 10.9 Å². The van der Waals surface area contributed by atoms with E-state index in [1.165, 1.54) is 17.5 Å². The zero-order chi connectivity index (χ0) is 22.3. The van der Waals surface area contributed by atoms with Gasteiger partial charge in [-0.3, -0.25) is 4.98 Å². The Kier molecular flexibility index (Phi) is 6.94. The van der Waals surface area contributed by atoms with Gasteiger partial charge in [0.25, 0.3) is 0 Å². The second-order valence-electron chi connectivity index (χ2n) is 9.75. The first-order valence-corrected chi connectivity index (χ1v) is 11.7. The second-order valence-corrected chi connectivity index (χ2v) is 9.75. The summed E-state index contributed by atoms with van der Waals surface area (Å²) in [5.41, 5.74) is 4.48. The molecular weight excluding hydrogens is 476 g/mol. The third-order valence-corrected chi connectivity index (χ3v) is 7.96. The highest BCUT2D eigenvalue weighted by atomic mass is 79.9. The summed E-state index contributed by atoms with van der Waals surface area (Å²) in [7, 11) is 1.68. The molecule has 1 N–H and O–H groups in total. The molecule has 3 aliphatic heterocycles. The Balaban J connectivity index is 0.00000259. The van der Waals surface area contributed by atoms with E-state index in [-0.39, 0.29) is 23.0 Å². The maximum atomic E-state index is 11.9. The number of ether oxygens (including phenoxy) is 1. The number of piperidine rings is 3. The van der Waals surface area contributed by atoms with Gasteiger partial charge in [-0.25, -0.2) is 0 Å². The van der Waals surface area contributed by atoms with E-state index in [9.17, 15) is 5.11 Å². The van der Waals surface area contributed by atoms with Gasteiger partial charge in [-0.1, -0.05) is 35.9 Å². The molecule has 6 rings (SSSR count). The maximum absolute atomic E-state index is 11.9. The average molecular weight is 509 g/mol. The van der Waals surface area contributed by atoms with Gasteiger partial charge in [-0.05, 0) is 42.7 Å². The predicted molar refractivity (Wildman–Crippen MR) is 128 cm³/mol. The van der Waals surface area contributed by atoms with Gasteiger partial charge in [-0.15, -0.1) is 6.58 Å². The van der Waals surface area contributed by atoms with Gasteiger partial charge in [0.15, 0.2) is 0 Å². The molecule has 5 heteroatoms. The number of rotatable bonds is 6. The molecule has 33 heavy (non-hydrogen) atoms. The normalized spacial score (nSPS) is 27.1. The standard InChI is InChI=1S/C28H33N2O2.BrH/c1-4-21-18-30(17-20-7-5-19(2)6-8-20)14-12-22(21)15-27(30)28(31)24-11-13-29-26-10-9-23(32-3)16-25(24)26;/h4-11,13,16,21-22,27-28,31H,1,12,14-15,17-18H2,2-3H3;1H/q+1;/p-1. The summed E-state index contributed by atoms with van der Waals surface area (Å²) in [6.07, 6.45) is 5.66. The third kappa shape index (κ3) is 4.34. The topological polar surface area (TPSA) is 42.4 Å². The third-order valence-electron chi connectivity index (χ3n) is 7.96. The highest BCUT2D eigenvalue weighted by Gasteiger charge is 2.53. The molecule has 174 valence electrons. The molecule has 0 amide bonds. The number of aliphatic hydroxyl groups excluding tert-OH is 1. The Labute approximate surface area is 207 Å². The zero-order valence-electron chi connectivity index (χ0n) is 19.5. The highest BCUT2D eigenvalue weighted by molar-refractivity contribution is 5.83. The van der Waals surface area contributed by atoms with Crippen molar-refractivity contribution in [3.63, 3.8) is 0 Å². The van der Waals surface area contributed by atoms with Crippen LogP contribution >= 0.6 is 0 Å². The van der Waals surface area contributed by atoms with Gasteiger partial charge in [-0.2, -0.15) is 0 Å². The SMILES string of the molecule is C=CC1C[N+]2(Cc3ccc(C)cc3)CCC1CC2C(O)c1ccnc2ccc(OC)cc12.[Br-]. The van der Waals surface area contributed by atoms with Gasteiger partial charge in [0.2, 0.25) is 0 Å².